The molecule has 0 amide bonds. The summed E-state index contributed by atoms with van der Waals surface area (Å²) >= 11 is 3.26. The standard InChI is InChI=1S/C9H8BrNO2/c1-12-7-3-6(5-11)9(10)8(4-7)13-2/h3-4H,1-2H3. The Balaban J connectivity index is 3.31. The van der Waals surface area contributed by atoms with Crippen LogP contribution in [0, 0.1) is 11.3 Å². The van der Waals surface area contributed by atoms with Crippen LogP contribution in [0.15, 0.2) is 16.6 Å². The number of benzene rings is 1. The molecule has 68 valence electrons. The highest BCUT2D eigenvalue weighted by Crippen LogP contribution is 2.32. The van der Waals surface area contributed by atoms with Crippen LogP contribution in [0.2, 0.25) is 0 Å². The Hall–Kier alpha value is -1.21. The van der Waals surface area contributed by atoms with E-state index in [2.05, 4.69) is 15.9 Å². The topological polar surface area (TPSA) is 42.2 Å². The van der Waals surface area contributed by atoms with Gasteiger partial charge in [0.05, 0.1) is 24.3 Å². The van der Waals surface area contributed by atoms with Crippen molar-refractivity contribution < 1.29 is 9.47 Å². The molecule has 4 heteroatoms. The van der Waals surface area contributed by atoms with E-state index in [1.165, 1.54) is 0 Å². The first-order valence-corrected chi connectivity index (χ1v) is 4.34. The van der Waals surface area contributed by atoms with E-state index in [1.807, 2.05) is 6.07 Å². The largest absolute Gasteiger partial charge is 0.497 e. The maximum atomic E-state index is 8.77. The van der Waals surface area contributed by atoms with E-state index < -0.39 is 0 Å². The van der Waals surface area contributed by atoms with E-state index in [0.717, 1.165) is 0 Å². The maximum Gasteiger partial charge on any atom is 0.138 e. The van der Waals surface area contributed by atoms with Gasteiger partial charge in [-0.15, -0.1) is 0 Å². The van der Waals surface area contributed by atoms with Crippen molar-refractivity contribution in [1.29, 1.82) is 5.26 Å². The van der Waals surface area contributed by atoms with Crippen molar-refractivity contribution in [1.82, 2.24) is 0 Å². The molecular formula is C9H8BrNO2. The third-order valence-electron chi connectivity index (χ3n) is 1.59. The Bertz CT molecular complexity index is 357. The van der Waals surface area contributed by atoms with Gasteiger partial charge in [-0.25, -0.2) is 0 Å². The number of methoxy groups -OCH3 is 2. The molecule has 0 aliphatic heterocycles. The molecule has 1 rings (SSSR count). The van der Waals surface area contributed by atoms with Gasteiger partial charge in [-0.3, -0.25) is 0 Å². The predicted octanol–water partition coefficient (Wildman–Crippen LogP) is 2.34. The van der Waals surface area contributed by atoms with E-state index in [9.17, 15) is 0 Å². The Morgan fingerprint density at radius 3 is 2.46 bits per heavy atom. The average Bonchev–Trinajstić information content (AvgIpc) is 2.18. The molecule has 3 nitrogen and oxygen atoms in total. The second-order valence-corrected chi connectivity index (χ2v) is 3.10. The van der Waals surface area contributed by atoms with E-state index in [4.69, 9.17) is 14.7 Å². The molecule has 13 heavy (non-hydrogen) atoms. The zero-order chi connectivity index (χ0) is 9.84. The first kappa shape index (κ1) is 9.87. The molecule has 0 saturated heterocycles. The van der Waals surface area contributed by atoms with Gasteiger partial charge in [-0.2, -0.15) is 5.26 Å². The molecule has 0 radical (unpaired) electrons. The van der Waals surface area contributed by atoms with Gasteiger partial charge in [0.25, 0.3) is 0 Å². The lowest BCUT2D eigenvalue weighted by molar-refractivity contribution is 0.392. The Morgan fingerprint density at radius 2 is 2.00 bits per heavy atom. The van der Waals surface area contributed by atoms with Gasteiger partial charge in [-0.1, -0.05) is 0 Å². The molecular weight excluding hydrogens is 234 g/mol. The van der Waals surface area contributed by atoms with Crippen LogP contribution >= 0.6 is 15.9 Å². The minimum absolute atomic E-state index is 0.496. The Labute approximate surface area is 85.0 Å². The van der Waals surface area contributed by atoms with Crippen molar-refractivity contribution >= 4 is 15.9 Å². The predicted molar refractivity (Wildman–Crippen MR) is 52.0 cm³/mol. The highest BCUT2D eigenvalue weighted by Gasteiger charge is 2.08. The summed E-state index contributed by atoms with van der Waals surface area (Å²) in [7, 11) is 3.09. The van der Waals surface area contributed by atoms with Gasteiger partial charge in [0.2, 0.25) is 0 Å². The van der Waals surface area contributed by atoms with Crippen LogP contribution in [0.1, 0.15) is 5.56 Å². The minimum Gasteiger partial charge on any atom is -0.497 e. The average molecular weight is 242 g/mol. The third kappa shape index (κ3) is 1.93. The van der Waals surface area contributed by atoms with E-state index in [-0.39, 0.29) is 0 Å². The summed E-state index contributed by atoms with van der Waals surface area (Å²) in [6.45, 7) is 0. The summed E-state index contributed by atoms with van der Waals surface area (Å²) in [6.07, 6.45) is 0. The Morgan fingerprint density at radius 1 is 1.31 bits per heavy atom. The fraction of sp³-hybridized carbons (Fsp3) is 0.222. The van der Waals surface area contributed by atoms with Gasteiger partial charge >= 0.3 is 0 Å². The first-order valence-electron chi connectivity index (χ1n) is 3.54. The quantitative estimate of drug-likeness (QED) is 0.799. The van der Waals surface area contributed by atoms with Crippen LogP contribution in [0.5, 0.6) is 11.5 Å². The van der Waals surface area contributed by atoms with Crippen molar-refractivity contribution in [3.05, 3.63) is 22.2 Å². The molecule has 0 aliphatic carbocycles. The highest BCUT2D eigenvalue weighted by atomic mass is 79.9. The molecule has 0 aliphatic rings. The second kappa shape index (κ2) is 4.15. The number of ether oxygens (including phenoxy) is 2. The molecule has 0 N–H and O–H groups in total. The summed E-state index contributed by atoms with van der Waals surface area (Å²) in [5.41, 5.74) is 0.496. The van der Waals surface area contributed by atoms with Gasteiger partial charge in [0, 0.05) is 6.07 Å². The van der Waals surface area contributed by atoms with Crippen LogP contribution in [0.25, 0.3) is 0 Å². The number of rotatable bonds is 2. The van der Waals surface area contributed by atoms with Crippen LogP contribution in [-0.2, 0) is 0 Å². The molecule has 0 atom stereocenters. The summed E-state index contributed by atoms with van der Waals surface area (Å²) in [6, 6.07) is 5.40. The fourth-order valence-corrected chi connectivity index (χ4v) is 1.40. The van der Waals surface area contributed by atoms with Crippen molar-refractivity contribution in [3.8, 4) is 17.6 Å². The number of nitriles is 1. The molecule has 0 saturated carbocycles. The zero-order valence-electron chi connectivity index (χ0n) is 7.30. The SMILES string of the molecule is COc1cc(C#N)c(Br)c(OC)c1. The number of hydrogen-bond donors (Lipinski definition) is 0. The van der Waals surface area contributed by atoms with Crippen LogP contribution < -0.4 is 9.47 Å². The molecule has 0 bridgehead atoms. The van der Waals surface area contributed by atoms with Gasteiger partial charge in [-0.05, 0) is 22.0 Å². The summed E-state index contributed by atoms with van der Waals surface area (Å²) in [5, 5.41) is 8.77. The van der Waals surface area contributed by atoms with Crippen LogP contribution in [0.3, 0.4) is 0 Å². The Kier molecular flexibility index (Phi) is 3.15. The fourth-order valence-electron chi connectivity index (χ4n) is 0.920. The first-order chi connectivity index (χ1) is 6.22. The lowest BCUT2D eigenvalue weighted by Crippen LogP contribution is -1.90. The van der Waals surface area contributed by atoms with Crippen molar-refractivity contribution in [2.75, 3.05) is 14.2 Å². The van der Waals surface area contributed by atoms with E-state index in [1.54, 1.807) is 26.4 Å². The smallest absolute Gasteiger partial charge is 0.138 e. The molecule has 0 unspecified atom stereocenters. The molecule has 0 aromatic heterocycles. The van der Waals surface area contributed by atoms with Crippen LogP contribution in [-0.4, -0.2) is 14.2 Å². The van der Waals surface area contributed by atoms with Crippen molar-refractivity contribution in [2.45, 2.75) is 0 Å². The van der Waals surface area contributed by atoms with E-state index >= 15 is 0 Å². The van der Waals surface area contributed by atoms with E-state index in [0.29, 0.717) is 21.5 Å². The van der Waals surface area contributed by atoms with Crippen LogP contribution in [0.4, 0.5) is 0 Å². The molecule has 1 aromatic carbocycles. The van der Waals surface area contributed by atoms with Crippen molar-refractivity contribution in [2.24, 2.45) is 0 Å². The molecule has 0 heterocycles. The van der Waals surface area contributed by atoms with Crippen molar-refractivity contribution in [3.63, 3.8) is 0 Å². The number of hydrogen-bond acceptors (Lipinski definition) is 3. The maximum absolute atomic E-state index is 8.77. The second-order valence-electron chi connectivity index (χ2n) is 2.30. The zero-order valence-corrected chi connectivity index (χ0v) is 8.88. The normalized spacial score (nSPS) is 9.08. The summed E-state index contributed by atoms with van der Waals surface area (Å²) in [5.74, 6) is 1.20. The monoisotopic (exact) mass is 241 g/mol. The van der Waals surface area contributed by atoms with Gasteiger partial charge in [0.15, 0.2) is 0 Å². The molecule has 0 fully saturated rings. The number of nitrogens with zero attached hydrogens (tertiary/aromatic N) is 1. The van der Waals surface area contributed by atoms with Gasteiger partial charge < -0.3 is 9.47 Å². The summed E-state index contributed by atoms with van der Waals surface area (Å²) < 4.78 is 10.7. The minimum atomic E-state index is 0.496. The van der Waals surface area contributed by atoms with Gasteiger partial charge in [0.1, 0.15) is 17.6 Å². The number of halogens is 1. The highest BCUT2D eigenvalue weighted by molar-refractivity contribution is 9.10. The molecule has 1 aromatic rings. The molecule has 0 spiro atoms. The third-order valence-corrected chi connectivity index (χ3v) is 2.41. The lowest BCUT2D eigenvalue weighted by Gasteiger charge is -2.07. The summed E-state index contributed by atoms with van der Waals surface area (Å²) in [4.78, 5) is 0. The lowest BCUT2D eigenvalue weighted by atomic mass is 10.2.